The van der Waals surface area contributed by atoms with Gasteiger partial charge in [-0.3, -0.25) is 0 Å². The summed E-state index contributed by atoms with van der Waals surface area (Å²) >= 11 is 0. The van der Waals surface area contributed by atoms with Gasteiger partial charge in [0.15, 0.2) is 0 Å². The van der Waals surface area contributed by atoms with E-state index in [1.807, 2.05) is 12.1 Å². The minimum absolute atomic E-state index is 0.759. The zero-order valence-electron chi connectivity index (χ0n) is 8.38. The van der Waals surface area contributed by atoms with Gasteiger partial charge >= 0.3 is 0 Å². The van der Waals surface area contributed by atoms with E-state index in [0.717, 1.165) is 12.0 Å². The highest BCUT2D eigenvalue weighted by molar-refractivity contribution is 5.59. The van der Waals surface area contributed by atoms with Gasteiger partial charge in [-0.05, 0) is 49.4 Å². The summed E-state index contributed by atoms with van der Waals surface area (Å²) in [5, 5.41) is 8.80. The lowest BCUT2D eigenvalue weighted by atomic mass is 10.0. The van der Waals surface area contributed by atoms with Crippen LogP contribution in [-0.2, 0) is 6.42 Å². The number of aryl methyl sites for hydroxylation is 1. The Balaban J connectivity index is 2.51. The highest BCUT2D eigenvalue weighted by Crippen LogP contribution is 2.23. The summed E-state index contributed by atoms with van der Waals surface area (Å²) in [4.78, 5) is 0. The second-order valence-corrected chi connectivity index (χ2v) is 3.87. The summed E-state index contributed by atoms with van der Waals surface area (Å²) in [7, 11) is 0. The van der Waals surface area contributed by atoms with Gasteiger partial charge in [0.25, 0.3) is 0 Å². The van der Waals surface area contributed by atoms with E-state index in [0.29, 0.717) is 0 Å². The number of hydrogen-bond donors (Lipinski definition) is 0. The molecule has 0 atom stereocenters. The Morgan fingerprint density at radius 1 is 1.29 bits per heavy atom. The van der Waals surface area contributed by atoms with Crippen LogP contribution in [0.15, 0.2) is 23.8 Å². The minimum Gasteiger partial charge on any atom is -0.192 e. The van der Waals surface area contributed by atoms with Crippen molar-refractivity contribution in [1.29, 1.82) is 5.26 Å². The first kappa shape index (κ1) is 9.02. The van der Waals surface area contributed by atoms with Crippen molar-refractivity contribution < 1.29 is 0 Å². The molecule has 0 aromatic heterocycles. The predicted octanol–water partition coefficient (Wildman–Crippen LogP) is 3.30. The van der Waals surface area contributed by atoms with Crippen molar-refractivity contribution >= 4 is 6.08 Å². The van der Waals surface area contributed by atoms with Crippen LogP contribution < -0.4 is 0 Å². The highest BCUT2D eigenvalue weighted by atomic mass is 14.2. The van der Waals surface area contributed by atoms with E-state index >= 15 is 0 Å². The van der Waals surface area contributed by atoms with Gasteiger partial charge in [0, 0.05) is 0 Å². The van der Waals surface area contributed by atoms with E-state index in [1.54, 1.807) is 0 Å². The molecule has 1 aromatic rings. The smallest absolute Gasteiger partial charge is 0.0991 e. The molecule has 70 valence electrons. The van der Waals surface area contributed by atoms with Crippen LogP contribution in [0.5, 0.6) is 0 Å². The molecule has 2 rings (SSSR count). The third kappa shape index (κ3) is 1.70. The molecule has 14 heavy (non-hydrogen) atoms. The van der Waals surface area contributed by atoms with Gasteiger partial charge in [0.05, 0.1) is 11.6 Å². The first-order chi connectivity index (χ1) is 6.79. The van der Waals surface area contributed by atoms with Crippen molar-refractivity contribution in [3.05, 3.63) is 40.5 Å². The third-order valence-electron chi connectivity index (χ3n) is 2.69. The topological polar surface area (TPSA) is 23.8 Å². The summed E-state index contributed by atoms with van der Waals surface area (Å²) in [5.41, 5.74) is 4.79. The Labute approximate surface area is 84.7 Å². The molecule has 0 saturated heterocycles. The second-order valence-electron chi connectivity index (χ2n) is 3.87. The zero-order chi connectivity index (χ0) is 9.97. The van der Waals surface area contributed by atoms with E-state index in [1.165, 1.54) is 29.5 Å². The average Bonchev–Trinajstić information content (AvgIpc) is 2.37. The summed E-state index contributed by atoms with van der Waals surface area (Å²) in [6.45, 7) is 2.16. The molecule has 0 N–H and O–H groups in total. The van der Waals surface area contributed by atoms with Gasteiger partial charge in [-0.2, -0.15) is 5.26 Å². The number of fused-ring (bicyclic) bond motifs is 1. The molecule has 1 aliphatic carbocycles. The van der Waals surface area contributed by atoms with E-state index in [2.05, 4.69) is 25.1 Å². The lowest BCUT2D eigenvalue weighted by Gasteiger charge is -2.02. The van der Waals surface area contributed by atoms with Crippen LogP contribution in [0.25, 0.3) is 6.08 Å². The number of nitriles is 1. The van der Waals surface area contributed by atoms with Gasteiger partial charge in [-0.15, -0.1) is 0 Å². The number of rotatable bonds is 0. The maximum atomic E-state index is 8.80. The lowest BCUT2D eigenvalue weighted by Crippen LogP contribution is -1.88. The summed E-state index contributed by atoms with van der Waals surface area (Å²) in [5.74, 6) is 0. The van der Waals surface area contributed by atoms with Gasteiger partial charge in [-0.1, -0.05) is 17.7 Å². The summed E-state index contributed by atoms with van der Waals surface area (Å²) in [6, 6.07) is 8.17. The van der Waals surface area contributed by atoms with Gasteiger partial charge < -0.3 is 0 Å². The number of nitrogens with zero attached hydrogens (tertiary/aromatic N) is 1. The van der Waals surface area contributed by atoms with Gasteiger partial charge in [-0.25, -0.2) is 0 Å². The minimum atomic E-state index is 0.759. The van der Waals surface area contributed by atoms with Crippen LogP contribution in [0.1, 0.15) is 36.5 Å². The molecule has 0 unspecified atom stereocenters. The standard InChI is InChI=1S/C13H13N/c1-10-3-2-4-12-6-5-11(9-14)8-13(12)7-10/h5-8H,2-4H2,1H3. The average molecular weight is 183 g/mol. The Bertz CT molecular complexity index is 421. The Kier molecular flexibility index (Phi) is 2.37. The number of hydrogen-bond acceptors (Lipinski definition) is 1. The van der Waals surface area contributed by atoms with E-state index in [9.17, 15) is 0 Å². The van der Waals surface area contributed by atoms with E-state index in [-0.39, 0.29) is 0 Å². The van der Waals surface area contributed by atoms with Crippen LogP contribution in [0.2, 0.25) is 0 Å². The molecular weight excluding hydrogens is 170 g/mol. The Hall–Kier alpha value is -1.55. The molecule has 0 amide bonds. The maximum Gasteiger partial charge on any atom is 0.0991 e. The number of benzene rings is 1. The maximum absolute atomic E-state index is 8.80. The Morgan fingerprint density at radius 2 is 2.14 bits per heavy atom. The van der Waals surface area contributed by atoms with Crippen molar-refractivity contribution in [2.45, 2.75) is 26.2 Å². The van der Waals surface area contributed by atoms with Crippen LogP contribution >= 0.6 is 0 Å². The molecule has 1 heteroatoms. The largest absolute Gasteiger partial charge is 0.192 e. The quantitative estimate of drug-likeness (QED) is 0.605. The molecule has 0 bridgehead atoms. The fourth-order valence-electron chi connectivity index (χ4n) is 1.92. The highest BCUT2D eigenvalue weighted by Gasteiger charge is 2.06. The molecule has 0 aliphatic heterocycles. The molecular formula is C13H13N. The Morgan fingerprint density at radius 3 is 2.93 bits per heavy atom. The summed E-state index contributed by atoms with van der Waals surface area (Å²) < 4.78 is 0. The molecule has 0 saturated carbocycles. The van der Waals surface area contributed by atoms with Crippen molar-refractivity contribution in [2.24, 2.45) is 0 Å². The monoisotopic (exact) mass is 183 g/mol. The molecule has 1 aliphatic rings. The van der Waals surface area contributed by atoms with Crippen molar-refractivity contribution in [3.63, 3.8) is 0 Å². The normalized spacial score (nSPS) is 15.0. The first-order valence-corrected chi connectivity index (χ1v) is 5.00. The molecule has 0 fully saturated rings. The van der Waals surface area contributed by atoms with Crippen LogP contribution in [0.3, 0.4) is 0 Å². The van der Waals surface area contributed by atoms with E-state index < -0.39 is 0 Å². The fourth-order valence-corrected chi connectivity index (χ4v) is 1.92. The predicted molar refractivity (Wildman–Crippen MR) is 57.7 cm³/mol. The fraction of sp³-hybridized carbons (Fsp3) is 0.308. The molecule has 0 spiro atoms. The van der Waals surface area contributed by atoms with Crippen LogP contribution in [0.4, 0.5) is 0 Å². The van der Waals surface area contributed by atoms with Gasteiger partial charge in [0.1, 0.15) is 0 Å². The molecule has 1 aromatic carbocycles. The SMILES string of the molecule is CC1=Cc2cc(C#N)ccc2CCC1. The van der Waals surface area contributed by atoms with E-state index in [4.69, 9.17) is 5.26 Å². The lowest BCUT2D eigenvalue weighted by molar-refractivity contribution is 0.824. The first-order valence-electron chi connectivity index (χ1n) is 5.00. The molecule has 1 nitrogen and oxygen atoms in total. The summed E-state index contributed by atoms with van der Waals surface area (Å²) in [6.07, 6.45) is 5.75. The zero-order valence-corrected chi connectivity index (χ0v) is 8.38. The van der Waals surface area contributed by atoms with Crippen molar-refractivity contribution in [3.8, 4) is 6.07 Å². The molecule has 0 heterocycles. The van der Waals surface area contributed by atoms with Crippen LogP contribution in [0, 0.1) is 11.3 Å². The second kappa shape index (κ2) is 3.67. The third-order valence-corrected chi connectivity index (χ3v) is 2.69. The van der Waals surface area contributed by atoms with Crippen molar-refractivity contribution in [2.75, 3.05) is 0 Å². The molecule has 0 radical (unpaired) electrons. The van der Waals surface area contributed by atoms with Crippen LogP contribution in [-0.4, -0.2) is 0 Å². The van der Waals surface area contributed by atoms with Crippen molar-refractivity contribution in [1.82, 2.24) is 0 Å². The number of allylic oxidation sites excluding steroid dienone is 1. The van der Waals surface area contributed by atoms with Gasteiger partial charge in [0.2, 0.25) is 0 Å².